The van der Waals surface area contributed by atoms with E-state index in [4.69, 9.17) is 15.2 Å². The van der Waals surface area contributed by atoms with Gasteiger partial charge in [0.2, 0.25) is 5.91 Å². The summed E-state index contributed by atoms with van der Waals surface area (Å²) >= 11 is 0. The van der Waals surface area contributed by atoms with Gasteiger partial charge in [0.1, 0.15) is 12.4 Å². The number of ether oxygens (including phenoxy) is 2. The first-order valence-electron chi connectivity index (χ1n) is 8.47. The average Bonchev–Trinajstić information content (AvgIpc) is 2.63. The molecule has 6 nitrogen and oxygen atoms in total. The quantitative estimate of drug-likeness (QED) is 0.825. The van der Waals surface area contributed by atoms with Crippen LogP contribution in [0.3, 0.4) is 0 Å². The number of hydrogen-bond donors (Lipinski definition) is 1. The van der Waals surface area contributed by atoms with Crippen LogP contribution in [0.4, 0.5) is 0 Å². The molecule has 2 N–H and O–H groups in total. The standard InChI is InChI=1S/C19H23N3O3/c20-19(23)13-17-4-1-16(14-21-17)15-2-5-18(6-3-15)25-12-9-22-7-10-24-11-8-22/h1-6,14H,7-13H2,(H2,20,23). The molecule has 0 radical (unpaired) electrons. The van der Waals surface area contributed by atoms with Crippen molar-refractivity contribution in [3.05, 3.63) is 48.3 Å². The number of hydrogen-bond acceptors (Lipinski definition) is 5. The van der Waals surface area contributed by atoms with Crippen LogP contribution in [0.2, 0.25) is 0 Å². The van der Waals surface area contributed by atoms with Crippen molar-refractivity contribution >= 4 is 5.91 Å². The van der Waals surface area contributed by atoms with Gasteiger partial charge in [0.15, 0.2) is 0 Å². The molecule has 0 aliphatic carbocycles. The third-order valence-corrected chi connectivity index (χ3v) is 4.15. The van der Waals surface area contributed by atoms with E-state index in [1.807, 2.05) is 36.4 Å². The minimum atomic E-state index is -0.376. The molecule has 1 aromatic heterocycles. The van der Waals surface area contributed by atoms with Gasteiger partial charge in [-0.15, -0.1) is 0 Å². The van der Waals surface area contributed by atoms with Gasteiger partial charge in [0.05, 0.1) is 19.6 Å². The molecule has 0 bridgehead atoms. The zero-order chi connectivity index (χ0) is 17.5. The number of carbonyl (C=O) groups excluding carboxylic acids is 1. The van der Waals surface area contributed by atoms with Gasteiger partial charge >= 0.3 is 0 Å². The number of nitrogens with zero attached hydrogens (tertiary/aromatic N) is 2. The number of nitrogens with two attached hydrogens (primary N) is 1. The molecule has 3 rings (SSSR count). The summed E-state index contributed by atoms with van der Waals surface area (Å²) in [5, 5.41) is 0. The Kier molecular flexibility index (Phi) is 5.98. The van der Waals surface area contributed by atoms with Crippen LogP contribution in [-0.4, -0.2) is 55.2 Å². The molecule has 6 heteroatoms. The highest BCUT2D eigenvalue weighted by molar-refractivity contribution is 5.76. The minimum Gasteiger partial charge on any atom is -0.492 e. The molecule has 1 aliphatic rings. The topological polar surface area (TPSA) is 77.7 Å². The molecule has 1 aromatic carbocycles. The van der Waals surface area contributed by atoms with E-state index in [9.17, 15) is 4.79 Å². The lowest BCUT2D eigenvalue weighted by molar-refractivity contribution is -0.117. The fourth-order valence-electron chi connectivity index (χ4n) is 2.74. The Labute approximate surface area is 147 Å². The number of carbonyl (C=O) groups is 1. The molecule has 0 atom stereocenters. The van der Waals surface area contributed by atoms with Gasteiger partial charge in [-0.1, -0.05) is 18.2 Å². The van der Waals surface area contributed by atoms with E-state index in [1.165, 1.54) is 0 Å². The molecule has 2 heterocycles. The number of pyridine rings is 1. The maximum absolute atomic E-state index is 10.9. The van der Waals surface area contributed by atoms with Crippen molar-refractivity contribution in [3.8, 4) is 16.9 Å². The molecule has 0 unspecified atom stereocenters. The maximum atomic E-state index is 10.9. The van der Waals surface area contributed by atoms with Crippen LogP contribution in [0.25, 0.3) is 11.1 Å². The van der Waals surface area contributed by atoms with Crippen molar-refractivity contribution in [3.63, 3.8) is 0 Å². The summed E-state index contributed by atoms with van der Waals surface area (Å²) in [5.74, 6) is 0.481. The van der Waals surface area contributed by atoms with Crippen LogP contribution in [0.5, 0.6) is 5.75 Å². The number of benzene rings is 1. The van der Waals surface area contributed by atoms with Crippen LogP contribution in [0, 0.1) is 0 Å². The van der Waals surface area contributed by atoms with Crippen LogP contribution in [0.15, 0.2) is 42.6 Å². The summed E-state index contributed by atoms with van der Waals surface area (Å²) in [4.78, 5) is 17.5. The van der Waals surface area contributed by atoms with Gasteiger partial charge in [-0.3, -0.25) is 14.7 Å². The number of aromatic nitrogens is 1. The molecule has 1 aliphatic heterocycles. The largest absolute Gasteiger partial charge is 0.492 e. The second-order valence-corrected chi connectivity index (χ2v) is 6.01. The lowest BCUT2D eigenvalue weighted by Crippen LogP contribution is -2.38. The van der Waals surface area contributed by atoms with Gasteiger partial charge in [-0.25, -0.2) is 0 Å². The third kappa shape index (κ3) is 5.27. The Bertz CT molecular complexity index is 680. The number of primary amides is 1. The molecular formula is C19H23N3O3. The third-order valence-electron chi connectivity index (χ3n) is 4.15. The molecular weight excluding hydrogens is 318 g/mol. The first-order chi connectivity index (χ1) is 12.2. The molecule has 0 spiro atoms. The Morgan fingerprint density at radius 3 is 2.48 bits per heavy atom. The average molecular weight is 341 g/mol. The highest BCUT2D eigenvalue weighted by atomic mass is 16.5. The predicted octanol–water partition coefficient (Wildman–Crippen LogP) is 1.49. The highest BCUT2D eigenvalue weighted by Crippen LogP contribution is 2.22. The van der Waals surface area contributed by atoms with Crippen LogP contribution >= 0.6 is 0 Å². The molecule has 1 amide bonds. The second-order valence-electron chi connectivity index (χ2n) is 6.01. The molecule has 25 heavy (non-hydrogen) atoms. The Hall–Kier alpha value is -2.44. The molecule has 2 aromatic rings. The number of rotatable bonds is 7. The molecule has 132 valence electrons. The van der Waals surface area contributed by atoms with Crippen molar-refractivity contribution < 1.29 is 14.3 Å². The van der Waals surface area contributed by atoms with Crippen molar-refractivity contribution in [2.75, 3.05) is 39.5 Å². The lowest BCUT2D eigenvalue weighted by Gasteiger charge is -2.26. The Morgan fingerprint density at radius 2 is 1.84 bits per heavy atom. The van der Waals surface area contributed by atoms with E-state index in [-0.39, 0.29) is 12.3 Å². The highest BCUT2D eigenvalue weighted by Gasteiger charge is 2.09. The van der Waals surface area contributed by atoms with Crippen LogP contribution in [-0.2, 0) is 16.0 Å². The summed E-state index contributed by atoms with van der Waals surface area (Å²) in [6.07, 6.45) is 1.92. The van der Waals surface area contributed by atoms with E-state index in [0.29, 0.717) is 12.3 Å². The van der Waals surface area contributed by atoms with Crippen LogP contribution < -0.4 is 10.5 Å². The van der Waals surface area contributed by atoms with Crippen molar-refractivity contribution in [2.45, 2.75) is 6.42 Å². The van der Waals surface area contributed by atoms with Crippen molar-refractivity contribution in [2.24, 2.45) is 5.73 Å². The van der Waals surface area contributed by atoms with Crippen molar-refractivity contribution in [1.29, 1.82) is 0 Å². The maximum Gasteiger partial charge on any atom is 0.223 e. The zero-order valence-electron chi connectivity index (χ0n) is 14.2. The van der Waals surface area contributed by atoms with Crippen LogP contribution in [0.1, 0.15) is 5.69 Å². The van der Waals surface area contributed by atoms with Gasteiger partial charge < -0.3 is 15.2 Å². The molecule has 1 fully saturated rings. The van der Waals surface area contributed by atoms with E-state index < -0.39 is 0 Å². The molecule has 0 saturated carbocycles. The van der Waals surface area contributed by atoms with E-state index in [1.54, 1.807) is 6.20 Å². The van der Waals surface area contributed by atoms with Gasteiger partial charge in [-0.2, -0.15) is 0 Å². The summed E-state index contributed by atoms with van der Waals surface area (Å²) in [6.45, 7) is 5.14. The van der Waals surface area contributed by atoms with E-state index in [0.717, 1.165) is 49.7 Å². The Morgan fingerprint density at radius 1 is 1.12 bits per heavy atom. The normalized spacial score (nSPS) is 15.0. The predicted molar refractivity (Wildman–Crippen MR) is 95.3 cm³/mol. The monoisotopic (exact) mass is 341 g/mol. The second kappa shape index (κ2) is 8.60. The Balaban J connectivity index is 1.51. The summed E-state index contributed by atoms with van der Waals surface area (Å²) < 4.78 is 11.1. The molecule has 1 saturated heterocycles. The summed E-state index contributed by atoms with van der Waals surface area (Å²) in [6, 6.07) is 11.7. The zero-order valence-corrected chi connectivity index (χ0v) is 14.2. The summed E-state index contributed by atoms with van der Waals surface area (Å²) in [5.41, 5.74) is 7.90. The number of amides is 1. The lowest BCUT2D eigenvalue weighted by atomic mass is 10.1. The number of morpholine rings is 1. The summed E-state index contributed by atoms with van der Waals surface area (Å²) in [7, 11) is 0. The van der Waals surface area contributed by atoms with E-state index in [2.05, 4.69) is 9.88 Å². The fraction of sp³-hybridized carbons (Fsp3) is 0.368. The van der Waals surface area contributed by atoms with E-state index >= 15 is 0 Å². The van der Waals surface area contributed by atoms with Gasteiger partial charge in [0, 0.05) is 37.1 Å². The SMILES string of the molecule is NC(=O)Cc1ccc(-c2ccc(OCCN3CCOCC3)cc2)cn1. The first kappa shape index (κ1) is 17.4. The van der Waals surface area contributed by atoms with Gasteiger partial charge in [-0.05, 0) is 23.8 Å². The smallest absolute Gasteiger partial charge is 0.223 e. The minimum absolute atomic E-state index is 0.163. The van der Waals surface area contributed by atoms with Crippen molar-refractivity contribution in [1.82, 2.24) is 9.88 Å². The first-order valence-corrected chi connectivity index (χ1v) is 8.47. The van der Waals surface area contributed by atoms with Gasteiger partial charge in [0.25, 0.3) is 0 Å². The fourth-order valence-corrected chi connectivity index (χ4v) is 2.74.